The Morgan fingerprint density at radius 3 is 2.53 bits per heavy atom. The number of carbonyl (C=O) groups excluding carboxylic acids is 1. The van der Waals surface area contributed by atoms with E-state index in [1.54, 1.807) is 4.90 Å². The molecule has 1 aliphatic rings. The number of carboxylic acid groups (broad SMARTS) is 1. The third kappa shape index (κ3) is 5.51. The van der Waals surface area contributed by atoms with Crippen molar-refractivity contribution in [3.8, 4) is 21.7 Å². The first-order valence-corrected chi connectivity index (χ1v) is 14.1. The molecule has 0 unspecified atom stereocenters. The summed E-state index contributed by atoms with van der Waals surface area (Å²) in [5.41, 5.74) is 4.10. The zero-order valence-corrected chi connectivity index (χ0v) is 22.6. The number of hydrogen-bond donors (Lipinski definition) is 1. The van der Waals surface area contributed by atoms with Crippen molar-refractivity contribution in [1.82, 2.24) is 9.38 Å². The summed E-state index contributed by atoms with van der Waals surface area (Å²) in [7, 11) is 0. The maximum absolute atomic E-state index is 13.7. The zero-order valence-electron chi connectivity index (χ0n) is 21.8. The molecule has 0 bridgehead atoms. The first-order valence-electron chi connectivity index (χ1n) is 13.3. The summed E-state index contributed by atoms with van der Waals surface area (Å²) in [5.74, 6) is -0.473. The van der Waals surface area contributed by atoms with Crippen molar-refractivity contribution < 1.29 is 19.4 Å². The van der Waals surface area contributed by atoms with Crippen molar-refractivity contribution in [2.24, 2.45) is 11.8 Å². The maximum atomic E-state index is 13.7. The summed E-state index contributed by atoms with van der Waals surface area (Å²) in [6.07, 6.45) is 7.69. The van der Waals surface area contributed by atoms with Crippen LogP contribution in [-0.2, 0) is 9.53 Å². The van der Waals surface area contributed by atoms with Gasteiger partial charge in [0.25, 0.3) is 0 Å². The van der Waals surface area contributed by atoms with Gasteiger partial charge >= 0.3 is 5.97 Å². The number of carbonyl (C=O) groups is 2. The van der Waals surface area contributed by atoms with Gasteiger partial charge in [0.15, 0.2) is 0 Å². The molecule has 1 aromatic carbocycles. The molecule has 1 amide bonds. The van der Waals surface area contributed by atoms with Crippen LogP contribution in [0.5, 0.6) is 0 Å². The van der Waals surface area contributed by atoms with Gasteiger partial charge < -0.3 is 19.1 Å². The molecular weight excluding hydrogens is 498 g/mol. The van der Waals surface area contributed by atoms with Gasteiger partial charge in [-0.05, 0) is 62.3 Å². The van der Waals surface area contributed by atoms with E-state index in [4.69, 9.17) is 4.74 Å². The third-order valence-electron chi connectivity index (χ3n) is 7.32. The molecule has 3 aromatic heterocycles. The Labute approximate surface area is 226 Å². The molecule has 1 saturated carbocycles. The maximum Gasteiger partial charge on any atom is 0.348 e. The molecule has 8 heteroatoms. The van der Waals surface area contributed by atoms with Crippen LogP contribution < -0.4 is 4.90 Å². The van der Waals surface area contributed by atoms with E-state index in [1.807, 2.05) is 72.2 Å². The standard InChI is InChI=1S/C30H33N3O4S/c1-3-37-17-16-33(29(34)23-9-7-20(2)8-10-23)25-18-26(38-28(25)30(35)36)22-13-11-21(12-14-22)24-19-32-15-5-4-6-27(32)31-24/h4-6,11-15,18-20,23H,3,7-10,16-17H2,1-2H3,(H,35,36). The van der Waals surface area contributed by atoms with Crippen LogP contribution in [0.4, 0.5) is 5.69 Å². The number of imidazole rings is 1. The second kappa shape index (κ2) is 11.5. The SMILES string of the molecule is CCOCCN(C(=O)C1CCC(C)CC1)c1cc(-c2ccc(-c3cn4ccccc4n3)cc2)sc1C(=O)O. The molecule has 0 radical (unpaired) electrons. The first-order chi connectivity index (χ1) is 18.4. The van der Waals surface area contributed by atoms with Gasteiger partial charge in [-0.1, -0.05) is 37.3 Å². The van der Waals surface area contributed by atoms with E-state index in [1.165, 1.54) is 11.3 Å². The number of hydrogen-bond acceptors (Lipinski definition) is 5. The molecule has 1 aliphatic carbocycles. The van der Waals surface area contributed by atoms with Gasteiger partial charge in [-0.15, -0.1) is 11.3 Å². The Bertz CT molecular complexity index is 1380. The fourth-order valence-electron chi connectivity index (χ4n) is 5.13. The van der Waals surface area contributed by atoms with Crippen LogP contribution in [0.2, 0.25) is 0 Å². The fraction of sp³-hybridized carbons (Fsp3) is 0.367. The van der Waals surface area contributed by atoms with Crippen LogP contribution in [0.15, 0.2) is 60.9 Å². The molecule has 1 fully saturated rings. The van der Waals surface area contributed by atoms with E-state index in [0.717, 1.165) is 53.0 Å². The molecule has 38 heavy (non-hydrogen) atoms. The normalized spacial score (nSPS) is 17.5. The Hall–Kier alpha value is -3.49. The number of thiophene rings is 1. The van der Waals surface area contributed by atoms with Gasteiger partial charge in [0.1, 0.15) is 10.5 Å². The van der Waals surface area contributed by atoms with Crippen molar-refractivity contribution in [2.45, 2.75) is 39.5 Å². The van der Waals surface area contributed by atoms with E-state index < -0.39 is 5.97 Å². The van der Waals surface area contributed by atoms with Crippen molar-refractivity contribution >= 4 is 34.5 Å². The number of anilines is 1. The quantitative estimate of drug-likeness (QED) is 0.245. The number of benzene rings is 1. The van der Waals surface area contributed by atoms with E-state index in [-0.39, 0.29) is 16.7 Å². The highest BCUT2D eigenvalue weighted by Crippen LogP contribution is 2.39. The fourth-order valence-corrected chi connectivity index (χ4v) is 6.14. The van der Waals surface area contributed by atoms with Crippen LogP contribution in [0, 0.1) is 11.8 Å². The molecule has 3 heterocycles. The average molecular weight is 532 g/mol. The number of fused-ring (bicyclic) bond motifs is 1. The number of rotatable bonds is 9. The number of carboxylic acids is 1. The summed E-state index contributed by atoms with van der Waals surface area (Å²) in [6.45, 7) is 5.38. The van der Waals surface area contributed by atoms with Crippen LogP contribution in [-0.4, -0.2) is 46.1 Å². The van der Waals surface area contributed by atoms with Crippen LogP contribution in [0.3, 0.4) is 0 Å². The summed E-state index contributed by atoms with van der Waals surface area (Å²) >= 11 is 1.20. The molecule has 1 N–H and O–H groups in total. The minimum Gasteiger partial charge on any atom is -0.477 e. The second-order valence-electron chi connectivity index (χ2n) is 9.94. The lowest BCUT2D eigenvalue weighted by molar-refractivity contribution is -0.123. The average Bonchev–Trinajstić information content (AvgIpc) is 3.57. The molecular formula is C30H33N3O4S. The van der Waals surface area contributed by atoms with E-state index in [9.17, 15) is 14.7 Å². The Kier molecular flexibility index (Phi) is 7.90. The van der Waals surface area contributed by atoms with Crippen molar-refractivity contribution in [2.75, 3.05) is 24.7 Å². The van der Waals surface area contributed by atoms with Gasteiger partial charge in [0, 0.05) is 41.9 Å². The lowest BCUT2D eigenvalue weighted by Gasteiger charge is -2.31. The smallest absolute Gasteiger partial charge is 0.348 e. The highest BCUT2D eigenvalue weighted by Gasteiger charge is 2.32. The number of amides is 1. The lowest BCUT2D eigenvalue weighted by atomic mass is 9.82. The number of ether oxygens (including phenoxy) is 1. The number of aromatic carboxylic acids is 1. The van der Waals surface area contributed by atoms with Gasteiger partial charge in [0.05, 0.1) is 18.0 Å². The first kappa shape index (κ1) is 26.1. The van der Waals surface area contributed by atoms with E-state index >= 15 is 0 Å². The molecule has 5 rings (SSSR count). The molecule has 4 aromatic rings. The van der Waals surface area contributed by atoms with Crippen molar-refractivity contribution in [3.05, 3.63) is 65.8 Å². The highest BCUT2D eigenvalue weighted by molar-refractivity contribution is 7.18. The lowest BCUT2D eigenvalue weighted by Crippen LogP contribution is -2.40. The monoisotopic (exact) mass is 531 g/mol. The molecule has 0 saturated heterocycles. The van der Waals surface area contributed by atoms with Crippen molar-refractivity contribution in [1.29, 1.82) is 0 Å². The highest BCUT2D eigenvalue weighted by atomic mass is 32.1. The van der Waals surface area contributed by atoms with Gasteiger partial charge in [-0.3, -0.25) is 4.79 Å². The van der Waals surface area contributed by atoms with Gasteiger partial charge in [-0.2, -0.15) is 0 Å². The summed E-state index contributed by atoms with van der Waals surface area (Å²) in [4.78, 5) is 33.3. The topological polar surface area (TPSA) is 84.1 Å². The molecule has 0 atom stereocenters. The Balaban J connectivity index is 1.44. The predicted octanol–water partition coefficient (Wildman–Crippen LogP) is 6.62. The molecule has 0 aliphatic heterocycles. The van der Waals surface area contributed by atoms with Crippen LogP contribution in [0.1, 0.15) is 49.2 Å². The zero-order chi connectivity index (χ0) is 26.6. The molecule has 7 nitrogen and oxygen atoms in total. The third-order valence-corrected chi connectivity index (χ3v) is 8.48. The Morgan fingerprint density at radius 2 is 1.84 bits per heavy atom. The minimum atomic E-state index is -1.02. The largest absolute Gasteiger partial charge is 0.477 e. The molecule has 198 valence electrons. The van der Waals surface area contributed by atoms with Gasteiger partial charge in [0.2, 0.25) is 5.91 Å². The Morgan fingerprint density at radius 1 is 1.11 bits per heavy atom. The second-order valence-corrected chi connectivity index (χ2v) is 11.0. The summed E-state index contributed by atoms with van der Waals surface area (Å²) < 4.78 is 7.54. The van der Waals surface area contributed by atoms with Crippen LogP contribution >= 0.6 is 11.3 Å². The molecule has 0 spiro atoms. The van der Waals surface area contributed by atoms with Crippen molar-refractivity contribution in [3.63, 3.8) is 0 Å². The number of pyridine rings is 1. The van der Waals surface area contributed by atoms with Crippen LogP contribution in [0.25, 0.3) is 27.3 Å². The van der Waals surface area contributed by atoms with Gasteiger partial charge in [-0.25, -0.2) is 9.78 Å². The number of nitrogens with zero attached hydrogens (tertiary/aromatic N) is 3. The van der Waals surface area contributed by atoms with E-state index in [2.05, 4.69) is 11.9 Å². The predicted molar refractivity (Wildman–Crippen MR) is 151 cm³/mol. The summed E-state index contributed by atoms with van der Waals surface area (Å²) in [5, 5.41) is 10.1. The van der Waals surface area contributed by atoms with E-state index in [0.29, 0.717) is 31.4 Å². The number of aromatic nitrogens is 2. The summed E-state index contributed by atoms with van der Waals surface area (Å²) in [6, 6.07) is 15.7. The minimum absolute atomic E-state index is 0.00523.